The second-order valence-electron chi connectivity index (χ2n) is 8.04. The first kappa shape index (κ1) is 18.2. The van der Waals surface area contributed by atoms with E-state index in [1.165, 1.54) is 16.7 Å². The number of para-hydroxylation sites is 1. The number of carbonyl (C=O) groups is 1. The molecule has 0 amide bonds. The summed E-state index contributed by atoms with van der Waals surface area (Å²) in [7, 11) is 0. The molecule has 2 aromatic carbocycles. The topological polar surface area (TPSA) is 42.1 Å². The van der Waals surface area contributed by atoms with E-state index in [1.54, 1.807) is 0 Å². The monoisotopic (exact) mass is 349 g/mol. The van der Waals surface area contributed by atoms with Crippen LogP contribution in [0.2, 0.25) is 0 Å². The van der Waals surface area contributed by atoms with E-state index in [9.17, 15) is 4.79 Å². The Morgan fingerprint density at radius 1 is 1.08 bits per heavy atom. The molecule has 1 N–H and O–H groups in total. The molecule has 0 aliphatic rings. The van der Waals surface area contributed by atoms with Gasteiger partial charge in [-0.3, -0.25) is 4.79 Å². The van der Waals surface area contributed by atoms with Crippen molar-refractivity contribution >= 4 is 16.9 Å². The number of hydrogen-bond donors (Lipinski definition) is 1. The van der Waals surface area contributed by atoms with Crippen LogP contribution in [-0.2, 0) is 28.0 Å². The Morgan fingerprint density at radius 2 is 1.73 bits per heavy atom. The number of H-pyrrole nitrogens is 1. The lowest BCUT2D eigenvalue weighted by atomic mass is 9.84. The number of aromatic nitrogens is 1. The Labute approximate surface area is 155 Å². The summed E-state index contributed by atoms with van der Waals surface area (Å²) in [6, 6.07) is 12.4. The van der Waals surface area contributed by atoms with Gasteiger partial charge in [-0.2, -0.15) is 0 Å². The van der Waals surface area contributed by atoms with Crippen LogP contribution in [0, 0.1) is 13.8 Å². The van der Waals surface area contributed by atoms with Crippen molar-refractivity contribution in [1.29, 1.82) is 0 Å². The molecule has 0 saturated heterocycles. The van der Waals surface area contributed by atoms with Gasteiger partial charge in [0.15, 0.2) is 0 Å². The number of aromatic amines is 1. The third-order valence-corrected chi connectivity index (χ3v) is 4.95. The van der Waals surface area contributed by atoms with Gasteiger partial charge in [-0.15, -0.1) is 0 Å². The minimum absolute atomic E-state index is 0.111. The lowest BCUT2D eigenvalue weighted by Gasteiger charge is -2.22. The zero-order chi connectivity index (χ0) is 18.9. The molecule has 0 aliphatic heterocycles. The standard InChI is InChI=1S/C23H27NO2/c1-15-10-18(23(3,4)5)11-16(2)20(15)14-26-22(25)12-17-13-24-21-9-7-6-8-19(17)21/h6-11,13,24H,12,14H2,1-5H3. The number of benzene rings is 2. The SMILES string of the molecule is Cc1cc(C(C)(C)C)cc(C)c1COC(=O)Cc1c[nH]c2ccccc12. The molecule has 26 heavy (non-hydrogen) atoms. The van der Waals surface area contributed by atoms with Crippen LogP contribution in [-0.4, -0.2) is 11.0 Å². The fraction of sp³-hybridized carbons (Fsp3) is 0.348. The number of ether oxygens (including phenoxy) is 1. The van der Waals surface area contributed by atoms with Gasteiger partial charge in [0.05, 0.1) is 6.42 Å². The predicted molar refractivity (Wildman–Crippen MR) is 106 cm³/mol. The van der Waals surface area contributed by atoms with Crippen molar-refractivity contribution in [3.8, 4) is 0 Å². The molecule has 0 saturated carbocycles. The number of aryl methyl sites for hydroxylation is 2. The summed E-state index contributed by atoms with van der Waals surface area (Å²) in [5.74, 6) is -0.201. The van der Waals surface area contributed by atoms with Gasteiger partial charge in [0.1, 0.15) is 6.61 Å². The maximum Gasteiger partial charge on any atom is 0.310 e. The molecular weight excluding hydrogens is 322 g/mol. The van der Waals surface area contributed by atoms with Gasteiger partial charge in [-0.1, -0.05) is 51.1 Å². The average Bonchev–Trinajstić information content (AvgIpc) is 2.96. The van der Waals surface area contributed by atoms with Gasteiger partial charge in [0.25, 0.3) is 0 Å². The molecule has 0 atom stereocenters. The number of esters is 1. The van der Waals surface area contributed by atoms with Crippen molar-refractivity contribution in [3.63, 3.8) is 0 Å². The first-order chi connectivity index (χ1) is 12.3. The van der Waals surface area contributed by atoms with Crippen molar-refractivity contribution in [2.24, 2.45) is 0 Å². The minimum atomic E-state index is -0.201. The third kappa shape index (κ3) is 3.82. The Kier molecular flexibility index (Phi) is 4.90. The normalized spacial score (nSPS) is 11.7. The molecule has 0 bridgehead atoms. The Bertz CT molecular complexity index is 921. The highest BCUT2D eigenvalue weighted by Gasteiger charge is 2.17. The van der Waals surface area contributed by atoms with Gasteiger partial charge in [-0.25, -0.2) is 0 Å². The van der Waals surface area contributed by atoms with Crippen LogP contribution in [0.25, 0.3) is 10.9 Å². The van der Waals surface area contributed by atoms with Crippen LogP contribution in [0.15, 0.2) is 42.6 Å². The smallest absolute Gasteiger partial charge is 0.310 e. The molecule has 3 nitrogen and oxygen atoms in total. The van der Waals surface area contributed by atoms with Crippen LogP contribution in [0.1, 0.15) is 48.6 Å². The summed E-state index contributed by atoms with van der Waals surface area (Å²) in [6.07, 6.45) is 2.17. The summed E-state index contributed by atoms with van der Waals surface area (Å²) >= 11 is 0. The van der Waals surface area contributed by atoms with Crippen LogP contribution >= 0.6 is 0 Å². The molecule has 0 radical (unpaired) electrons. The van der Waals surface area contributed by atoms with E-state index in [4.69, 9.17) is 4.74 Å². The molecule has 0 aliphatic carbocycles. The van der Waals surface area contributed by atoms with E-state index in [0.717, 1.165) is 22.0 Å². The number of fused-ring (bicyclic) bond motifs is 1. The maximum absolute atomic E-state index is 12.3. The Morgan fingerprint density at radius 3 is 2.38 bits per heavy atom. The number of nitrogens with one attached hydrogen (secondary N) is 1. The van der Waals surface area contributed by atoms with Crippen molar-refractivity contribution < 1.29 is 9.53 Å². The second-order valence-corrected chi connectivity index (χ2v) is 8.04. The fourth-order valence-corrected chi connectivity index (χ4v) is 3.29. The third-order valence-electron chi connectivity index (χ3n) is 4.95. The number of rotatable bonds is 4. The molecule has 0 unspecified atom stereocenters. The van der Waals surface area contributed by atoms with Gasteiger partial charge in [0.2, 0.25) is 0 Å². The molecule has 0 spiro atoms. The van der Waals surface area contributed by atoms with Crippen molar-refractivity contribution in [2.75, 3.05) is 0 Å². The molecule has 1 aromatic heterocycles. The molecule has 3 aromatic rings. The van der Waals surface area contributed by atoms with E-state index in [1.807, 2.05) is 30.5 Å². The highest BCUT2D eigenvalue weighted by atomic mass is 16.5. The van der Waals surface area contributed by atoms with Crippen molar-refractivity contribution in [2.45, 2.75) is 53.1 Å². The molecule has 136 valence electrons. The zero-order valence-corrected chi connectivity index (χ0v) is 16.3. The minimum Gasteiger partial charge on any atom is -0.461 e. The van der Waals surface area contributed by atoms with Gasteiger partial charge < -0.3 is 9.72 Å². The number of hydrogen-bond acceptors (Lipinski definition) is 2. The van der Waals surface area contributed by atoms with Crippen molar-refractivity contribution in [3.05, 3.63) is 70.4 Å². The van der Waals surface area contributed by atoms with E-state index in [0.29, 0.717) is 6.61 Å². The Hall–Kier alpha value is -2.55. The predicted octanol–water partition coefficient (Wildman–Crippen LogP) is 5.37. The van der Waals surface area contributed by atoms with Crippen LogP contribution < -0.4 is 0 Å². The number of carbonyl (C=O) groups excluding carboxylic acids is 1. The van der Waals surface area contributed by atoms with E-state index in [2.05, 4.69) is 51.7 Å². The quantitative estimate of drug-likeness (QED) is 0.644. The molecule has 1 heterocycles. The van der Waals surface area contributed by atoms with Crippen LogP contribution in [0.3, 0.4) is 0 Å². The van der Waals surface area contributed by atoms with Gasteiger partial charge >= 0.3 is 5.97 Å². The average molecular weight is 349 g/mol. The second kappa shape index (κ2) is 6.99. The van der Waals surface area contributed by atoms with E-state index >= 15 is 0 Å². The first-order valence-corrected chi connectivity index (χ1v) is 9.07. The largest absolute Gasteiger partial charge is 0.461 e. The highest BCUT2D eigenvalue weighted by molar-refractivity contribution is 5.87. The fourth-order valence-electron chi connectivity index (χ4n) is 3.29. The molecule has 3 rings (SSSR count). The first-order valence-electron chi connectivity index (χ1n) is 9.07. The molecule has 3 heteroatoms. The lowest BCUT2D eigenvalue weighted by molar-refractivity contribution is -0.144. The maximum atomic E-state index is 12.3. The summed E-state index contributed by atoms with van der Waals surface area (Å²) < 4.78 is 5.58. The Balaban J connectivity index is 1.70. The highest BCUT2D eigenvalue weighted by Crippen LogP contribution is 2.27. The van der Waals surface area contributed by atoms with E-state index < -0.39 is 0 Å². The van der Waals surface area contributed by atoms with Crippen molar-refractivity contribution in [1.82, 2.24) is 4.98 Å². The van der Waals surface area contributed by atoms with Gasteiger partial charge in [-0.05, 0) is 53.1 Å². The zero-order valence-electron chi connectivity index (χ0n) is 16.3. The van der Waals surface area contributed by atoms with Crippen LogP contribution in [0.4, 0.5) is 0 Å². The van der Waals surface area contributed by atoms with Crippen LogP contribution in [0.5, 0.6) is 0 Å². The molecule has 0 fully saturated rings. The van der Waals surface area contributed by atoms with E-state index in [-0.39, 0.29) is 17.8 Å². The summed E-state index contributed by atoms with van der Waals surface area (Å²) in [5, 5.41) is 1.08. The summed E-state index contributed by atoms with van der Waals surface area (Å²) in [6.45, 7) is 11.1. The molecular formula is C23H27NO2. The van der Waals surface area contributed by atoms with Gasteiger partial charge in [0, 0.05) is 17.1 Å². The summed E-state index contributed by atoms with van der Waals surface area (Å²) in [4.78, 5) is 15.5. The lowest BCUT2D eigenvalue weighted by Crippen LogP contribution is -2.14. The summed E-state index contributed by atoms with van der Waals surface area (Å²) in [5.41, 5.74) is 6.89.